The number of ether oxygens (including phenoxy) is 1. The predicted molar refractivity (Wildman–Crippen MR) is 41.2 cm³/mol. The first-order valence-corrected chi connectivity index (χ1v) is 4.16. The standard InChI is InChI=1S/C8H16O3/c9-3-8(4-10)6-11-5-7-1-2-7/h7-10H,1-6H2. The van der Waals surface area contributed by atoms with E-state index < -0.39 is 0 Å². The van der Waals surface area contributed by atoms with Gasteiger partial charge in [0.05, 0.1) is 19.8 Å². The Hall–Kier alpha value is -0.120. The van der Waals surface area contributed by atoms with Crippen LogP contribution in [0, 0.1) is 11.8 Å². The third kappa shape index (κ3) is 3.70. The molecule has 11 heavy (non-hydrogen) atoms. The molecule has 0 spiro atoms. The maximum atomic E-state index is 8.67. The summed E-state index contributed by atoms with van der Waals surface area (Å²) in [5.41, 5.74) is 0. The zero-order chi connectivity index (χ0) is 8.10. The van der Waals surface area contributed by atoms with Crippen molar-refractivity contribution in [2.24, 2.45) is 11.8 Å². The van der Waals surface area contributed by atoms with Gasteiger partial charge in [0, 0.05) is 12.5 Å². The zero-order valence-electron chi connectivity index (χ0n) is 6.70. The zero-order valence-corrected chi connectivity index (χ0v) is 6.70. The van der Waals surface area contributed by atoms with Crippen LogP contribution in [-0.2, 0) is 4.74 Å². The van der Waals surface area contributed by atoms with Crippen LogP contribution in [0.1, 0.15) is 12.8 Å². The molecule has 0 radical (unpaired) electrons. The Bertz CT molecular complexity index is 97.5. The highest BCUT2D eigenvalue weighted by Crippen LogP contribution is 2.28. The molecule has 3 heteroatoms. The van der Waals surface area contributed by atoms with Gasteiger partial charge in [0.1, 0.15) is 0 Å². The summed E-state index contributed by atoms with van der Waals surface area (Å²) in [7, 11) is 0. The van der Waals surface area contributed by atoms with Crippen molar-refractivity contribution in [3.63, 3.8) is 0 Å². The number of hydrogen-bond acceptors (Lipinski definition) is 3. The fourth-order valence-corrected chi connectivity index (χ4v) is 0.849. The molecule has 3 nitrogen and oxygen atoms in total. The fraction of sp³-hybridized carbons (Fsp3) is 1.00. The minimum atomic E-state index is -0.0891. The van der Waals surface area contributed by atoms with Gasteiger partial charge in [0.2, 0.25) is 0 Å². The molecule has 1 rings (SSSR count). The van der Waals surface area contributed by atoms with Crippen LogP contribution in [0.4, 0.5) is 0 Å². The highest BCUT2D eigenvalue weighted by atomic mass is 16.5. The van der Waals surface area contributed by atoms with Crippen molar-refractivity contribution < 1.29 is 14.9 Å². The highest BCUT2D eigenvalue weighted by molar-refractivity contribution is 4.72. The van der Waals surface area contributed by atoms with Crippen molar-refractivity contribution in [1.29, 1.82) is 0 Å². The fourth-order valence-electron chi connectivity index (χ4n) is 0.849. The van der Waals surface area contributed by atoms with E-state index in [9.17, 15) is 0 Å². The van der Waals surface area contributed by atoms with Crippen LogP contribution in [0.15, 0.2) is 0 Å². The first-order valence-electron chi connectivity index (χ1n) is 4.16. The number of hydrogen-bond donors (Lipinski definition) is 2. The van der Waals surface area contributed by atoms with Gasteiger partial charge in [-0.2, -0.15) is 0 Å². The van der Waals surface area contributed by atoms with Crippen LogP contribution < -0.4 is 0 Å². The van der Waals surface area contributed by atoms with Crippen molar-refractivity contribution in [2.45, 2.75) is 12.8 Å². The van der Waals surface area contributed by atoms with Crippen LogP contribution in [0.5, 0.6) is 0 Å². The van der Waals surface area contributed by atoms with Gasteiger partial charge >= 0.3 is 0 Å². The molecule has 1 fully saturated rings. The smallest absolute Gasteiger partial charge is 0.0538 e. The third-order valence-electron chi connectivity index (χ3n) is 1.92. The molecule has 0 aliphatic heterocycles. The lowest BCUT2D eigenvalue weighted by Crippen LogP contribution is -2.18. The molecule has 1 aliphatic rings. The van der Waals surface area contributed by atoms with Crippen molar-refractivity contribution in [3.05, 3.63) is 0 Å². The molecule has 0 aromatic rings. The van der Waals surface area contributed by atoms with Crippen LogP contribution in [0.2, 0.25) is 0 Å². The Balaban J connectivity index is 1.90. The lowest BCUT2D eigenvalue weighted by Gasteiger charge is -2.10. The number of aliphatic hydroxyl groups is 2. The quantitative estimate of drug-likeness (QED) is 0.575. The van der Waals surface area contributed by atoms with Gasteiger partial charge in [-0.15, -0.1) is 0 Å². The van der Waals surface area contributed by atoms with Gasteiger partial charge in [0.25, 0.3) is 0 Å². The Labute approximate surface area is 67.0 Å². The molecular weight excluding hydrogens is 144 g/mol. The van der Waals surface area contributed by atoms with Gasteiger partial charge in [-0.25, -0.2) is 0 Å². The normalized spacial score (nSPS) is 17.7. The van der Waals surface area contributed by atoms with E-state index in [4.69, 9.17) is 14.9 Å². The number of aliphatic hydroxyl groups excluding tert-OH is 2. The number of rotatable bonds is 6. The summed E-state index contributed by atoms with van der Waals surface area (Å²) in [4.78, 5) is 0. The summed E-state index contributed by atoms with van der Waals surface area (Å²) in [5.74, 6) is 0.668. The Morgan fingerprint density at radius 2 is 1.91 bits per heavy atom. The summed E-state index contributed by atoms with van der Waals surface area (Å²) in [6, 6.07) is 0. The highest BCUT2D eigenvalue weighted by Gasteiger charge is 2.21. The molecular formula is C8H16O3. The Kier molecular flexibility index (Phi) is 3.83. The predicted octanol–water partition coefficient (Wildman–Crippen LogP) is 0.0138. The largest absolute Gasteiger partial charge is 0.396 e. The van der Waals surface area contributed by atoms with Gasteiger partial charge in [-0.3, -0.25) is 0 Å². The van der Waals surface area contributed by atoms with Gasteiger partial charge in [-0.05, 0) is 18.8 Å². The average Bonchev–Trinajstić information content (AvgIpc) is 2.82. The molecule has 1 saturated carbocycles. The topological polar surface area (TPSA) is 49.7 Å². The first-order chi connectivity index (χ1) is 5.36. The van der Waals surface area contributed by atoms with E-state index in [1.807, 2.05) is 0 Å². The second-order valence-corrected chi connectivity index (χ2v) is 3.21. The average molecular weight is 160 g/mol. The molecule has 0 amide bonds. The van der Waals surface area contributed by atoms with Gasteiger partial charge in [0.15, 0.2) is 0 Å². The summed E-state index contributed by atoms with van der Waals surface area (Å²) in [6.07, 6.45) is 2.56. The Morgan fingerprint density at radius 3 is 2.36 bits per heavy atom. The first kappa shape index (κ1) is 8.97. The second kappa shape index (κ2) is 4.70. The summed E-state index contributed by atoms with van der Waals surface area (Å²) in [6.45, 7) is 1.32. The van der Waals surface area contributed by atoms with Crippen molar-refractivity contribution >= 4 is 0 Å². The molecule has 0 bridgehead atoms. The molecule has 0 atom stereocenters. The minimum Gasteiger partial charge on any atom is -0.396 e. The molecule has 0 aromatic carbocycles. The molecule has 0 aromatic heterocycles. The molecule has 0 heterocycles. The lowest BCUT2D eigenvalue weighted by molar-refractivity contribution is 0.0407. The lowest BCUT2D eigenvalue weighted by atomic mass is 10.2. The Morgan fingerprint density at radius 1 is 1.27 bits per heavy atom. The molecule has 2 N–H and O–H groups in total. The van der Waals surface area contributed by atoms with Crippen molar-refractivity contribution in [3.8, 4) is 0 Å². The van der Waals surface area contributed by atoms with E-state index >= 15 is 0 Å². The van der Waals surface area contributed by atoms with Crippen LogP contribution in [0.3, 0.4) is 0 Å². The van der Waals surface area contributed by atoms with E-state index in [0.717, 1.165) is 12.5 Å². The third-order valence-corrected chi connectivity index (χ3v) is 1.92. The van der Waals surface area contributed by atoms with E-state index in [-0.39, 0.29) is 19.1 Å². The summed E-state index contributed by atoms with van der Waals surface area (Å²) in [5, 5.41) is 17.3. The second-order valence-electron chi connectivity index (χ2n) is 3.21. The maximum Gasteiger partial charge on any atom is 0.0538 e. The molecule has 0 unspecified atom stereocenters. The maximum absolute atomic E-state index is 8.67. The van der Waals surface area contributed by atoms with Crippen molar-refractivity contribution in [2.75, 3.05) is 26.4 Å². The molecule has 1 aliphatic carbocycles. The minimum absolute atomic E-state index is 0.0150. The van der Waals surface area contributed by atoms with E-state index in [0.29, 0.717) is 6.61 Å². The molecule has 66 valence electrons. The van der Waals surface area contributed by atoms with Crippen LogP contribution >= 0.6 is 0 Å². The van der Waals surface area contributed by atoms with Gasteiger partial charge < -0.3 is 14.9 Å². The summed E-state index contributed by atoms with van der Waals surface area (Å²) >= 11 is 0. The molecule has 0 saturated heterocycles. The van der Waals surface area contributed by atoms with Crippen molar-refractivity contribution in [1.82, 2.24) is 0 Å². The van der Waals surface area contributed by atoms with Crippen LogP contribution in [0.25, 0.3) is 0 Å². The SMILES string of the molecule is OCC(CO)COCC1CC1. The monoisotopic (exact) mass is 160 g/mol. The van der Waals surface area contributed by atoms with E-state index in [2.05, 4.69) is 0 Å². The van der Waals surface area contributed by atoms with Gasteiger partial charge in [-0.1, -0.05) is 0 Å². The van der Waals surface area contributed by atoms with Crippen LogP contribution in [-0.4, -0.2) is 36.6 Å². The van der Waals surface area contributed by atoms with E-state index in [1.165, 1.54) is 12.8 Å². The summed E-state index contributed by atoms with van der Waals surface area (Å²) < 4.78 is 5.28. The van der Waals surface area contributed by atoms with E-state index in [1.54, 1.807) is 0 Å².